The lowest BCUT2D eigenvalue weighted by Crippen LogP contribution is -2.06. The van der Waals surface area contributed by atoms with Gasteiger partial charge in [0, 0.05) is 16.0 Å². The molecule has 0 bridgehead atoms. The Balaban J connectivity index is 0.00000200. The number of thioether (sulfide) groups is 1. The van der Waals surface area contributed by atoms with Crippen molar-refractivity contribution in [1.29, 1.82) is 5.41 Å². The predicted molar refractivity (Wildman–Crippen MR) is 90.1 cm³/mol. The zero-order valence-electron chi connectivity index (χ0n) is 11.8. The number of amidine groups is 1. The molecule has 0 aliphatic rings. The molecule has 2 aromatic rings. The highest BCUT2D eigenvalue weighted by Gasteiger charge is 2.13. The molecule has 0 amide bonds. The molecule has 0 spiro atoms. The van der Waals surface area contributed by atoms with E-state index in [9.17, 15) is 0 Å². The van der Waals surface area contributed by atoms with Crippen molar-refractivity contribution in [3.05, 3.63) is 35.5 Å². The average Bonchev–Trinajstić information content (AvgIpc) is 2.37. The highest BCUT2D eigenvalue weighted by Crippen LogP contribution is 2.33. The molecular weight excluding hydrogens is 290 g/mol. The minimum atomic E-state index is 0. The van der Waals surface area contributed by atoms with E-state index in [1.54, 1.807) is 0 Å². The van der Waals surface area contributed by atoms with E-state index in [0.29, 0.717) is 0 Å². The Morgan fingerprint density at radius 1 is 1.35 bits per heavy atom. The summed E-state index contributed by atoms with van der Waals surface area (Å²) in [7, 11) is 0. The van der Waals surface area contributed by atoms with Gasteiger partial charge in [-0.05, 0) is 31.4 Å². The number of nitrogens with two attached hydrogens (primary N) is 1. The van der Waals surface area contributed by atoms with Gasteiger partial charge in [0.05, 0.1) is 5.52 Å². The highest BCUT2D eigenvalue weighted by molar-refractivity contribution is 8.13. The molecule has 3 nitrogen and oxygen atoms in total. The quantitative estimate of drug-likeness (QED) is 0.503. The summed E-state index contributed by atoms with van der Waals surface area (Å²) in [6, 6.07) is 8.06. The van der Waals surface area contributed by atoms with Gasteiger partial charge in [-0.15, -0.1) is 12.4 Å². The molecule has 2 rings (SSSR count). The molecule has 0 unspecified atom stereocenters. The molecular formula is C15H20ClN3S. The number of aryl methyl sites for hydroxylation is 1. The Bertz CT molecular complexity index is 613. The Morgan fingerprint density at radius 3 is 2.70 bits per heavy atom. The number of benzene rings is 1. The number of hydrogen-bond donors (Lipinski definition) is 2. The van der Waals surface area contributed by atoms with Gasteiger partial charge in [0.2, 0.25) is 0 Å². The number of nitrogens with zero attached hydrogens (tertiary/aromatic N) is 1. The number of unbranched alkanes of at least 4 members (excludes halogenated alkanes) is 1. The van der Waals surface area contributed by atoms with Crippen LogP contribution in [0.2, 0.25) is 0 Å². The van der Waals surface area contributed by atoms with E-state index in [0.717, 1.165) is 40.8 Å². The van der Waals surface area contributed by atoms with Gasteiger partial charge < -0.3 is 5.73 Å². The molecule has 1 aromatic heterocycles. The van der Waals surface area contributed by atoms with E-state index in [2.05, 4.69) is 18.0 Å². The van der Waals surface area contributed by atoms with Gasteiger partial charge in [0.1, 0.15) is 0 Å². The number of para-hydroxylation sites is 1. The molecule has 1 aromatic carbocycles. The maximum atomic E-state index is 7.57. The topological polar surface area (TPSA) is 62.8 Å². The third-order valence-corrected chi connectivity index (χ3v) is 4.03. The van der Waals surface area contributed by atoms with Crippen molar-refractivity contribution in [3.63, 3.8) is 0 Å². The Kier molecular flexibility index (Phi) is 6.30. The first-order valence-electron chi connectivity index (χ1n) is 6.53. The van der Waals surface area contributed by atoms with Gasteiger partial charge in [0.25, 0.3) is 0 Å². The molecule has 20 heavy (non-hydrogen) atoms. The molecule has 108 valence electrons. The fraction of sp³-hybridized carbons (Fsp3) is 0.333. The van der Waals surface area contributed by atoms with Crippen molar-refractivity contribution < 1.29 is 0 Å². The second-order valence-corrected chi connectivity index (χ2v) is 5.64. The lowest BCUT2D eigenvalue weighted by atomic mass is 10.0. The summed E-state index contributed by atoms with van der Waals surface area (Å²) in [5.74, 6) is 0. The van der Waals surface area contributed by atoms with Crippen molar-refractivity contribution in [2.45, 2.75) is 38.0 Å². The standard InChI is InChI=1S/C15H19N3S.ClH/c1-3-4-7-11-10(2)18-13-9-6-5-8-12(13)14(11)19-15(16)17;/h5-6,8-9H,3-4,7H2,1-2H3,(H3,16,17);1H. The maximum Gasteiger partial charge on any atom is 0.155 e. The summed E-state index contributed by atoms with van der Waals surface area (Å²) in [6.45, 7) is 4.23. The highest BCUT2D eigenvalue weighted by atomic mass is 35.5. The Morgan fingerprint density at radius 2 is 2.05 bits per heavy atom. The SMILES string of the molecule is CCCCc1c(C)nc2ccccc2c1SC(=N)N.Cl. The number of rotatable bonds is 4. The van der Waals surface area contributed by atoms with Crippen LogP contribution in [0, 0.1) is 12.3 Å². The van der Waals surface area contributed by atoms with E-state index < -0.39 is 0 Å². The van der Waals surface area contributed by atoms with Crippen molar-refractivity contribution >= 4 is 40.2 Å². The van der Waals surface area contributed by atoms with E-state index in [1.807, 2.05) is 25.1 Å². The first-order chi connectivity index (χ1) is 9.13. The van der Waals surface area contributed by atoms with Gasteiger partial charge >= 0.3 is 0 Å². The van der Waals surface area contributed by atoms with E-state index in [-0.39, 0.29) is 17.6 Å². The van der Waals surface area contributed by atoms with Gasteiger partial charge in [-0.3, -0.25) is 10.4 Å². The molecule has 0 fully saturated rings. The monoisotopic (exact) mass is 309 g/mol. The Hall–Kier alpha value is -1.26. The van der Waals surface area contributed by atoms with E-state index in [4.69, 9.17) is 11.1 Å². The molecule has 1 heterocycles. The smallest absolute Gasteiger partial charge is 0.155 e. The van der Waals surface area contributed by atoms with Crippen molar-refractivity contribution in [2.24, 2.45) is 5.73 Å². The van der Waals surface area contributed by atoms with Crippen LogP contribution in [-0.4, -0.2) is 10.2 Å². The summed E-state index contributed by atoms with van der Waals surface area (Å²) >= 11 is 1.34. The van der Waals surface area contributed by atoms with Crippen LogP contribution in [0.25, 0.3) is 10.9 Å². The van der Waals surface area contributed by atoms with E-state index >= 15 is 0 Å². The number of halogens is 1. The second kappa shape index (κ2) is 7.50. The summed E-state index contributed by atoms with van der Waals surface area (Å²) in [5, 5.41) is 8.80. The van der Waals surface area contributed by atoms with Crippen LogP contribution >= 0.6 is 24.2 Å². The minimum Gasteiger partial charge on any atom is -0.378 e. The molecule has 0 saturated carbocycles. The normalized spacial score (nSPS) is 10.3. The van der Waals surface area contributed by atoms with Crippen molar-refractivity contribution in [2.75, 3.05) is 0 Å². The molecule has 3 N–H and O–H groups in total. The van der Waals surface area contributed by atoms with Crippen molar-refractivity contribution in [3.8, 4) is 0 Å². The number of pyridine rings is 1. The van der Waals surface area contributed by atoms with E-state index in [1.165, 1.54) is 17.3 Å². The average molecular weight is 310 g/mol. The van der Waals surface area contributed by atoms with Crippen LogP contribution in [-0.2, 0) is 6.42 Å². The van der Waals surface area contributed by atoms with Crippen LogP contribution in [0.15, 0.2) is 29.2 Å². The summed E-state index contributed by atoms with van der Waals surface area (Å²) in [5.41, 5.74) is 8.85. The molecule has 0 saturated heterocycles. The minimum absolute atomic E-state index is 0. The predicted octanol–water partition coefficient (Wildman–Crippen LogP) is 4.29. The van der Waals surface area contributed by atoms with Crippen LogP contribution in [0.1, 0.15) is 31.0 Å². The zero-order chi connectivity index (χ0) is 13.8. The lowest BCUT2D eigenvalue weighted by molar-refractivity contribution is 0.778. The number of hydrogen-bond acceptors (Lipinski definition) is 3. The summed E-state index contributed by atoms with van der Waals surface area (Å²) in [4.78, 5) is 5.77. The van der Waals surface area contributed by atoms with Crippen LogP contribution < -0.4 is 5.73 Å². The second-order valence-electron chi connectivity index (χ2n) is 4.59. The fourth-order valence-corrected chi connectivity index (χ4v) is 3.09. The van der Waals surface area contributed by atoms with Crippen molar-refractivity contribution in [1.82, 2.24) is 4.98 Å². The number of fused-ring (bicyclic) bond motifs is 1. The van der Waals surface area contributed by atoms with Gasteiger partial charge in [0.15, 0.2) is 5.17 Å². The lowest BCUT2D eigenvalue weighted by Gasteiger charge is -2.14. The Labute approximate surface area is 130 Å². The molecule has 0 aliphatic heterocycles. The molecule has 5 heteroatoms. The summed E-state index contributed by atoms with van der Waals surface area (Å²) < 4.78 is 0. The van der Waals surface area contributed by atoms with Crippen LogP contribution in [0.4, 0.5) is 0 Å². The molecule has 0 radical (unpaired) electrons. The van der Waals surface area contributed by atoms with Gasteiger partial charge in [-0.2, -0.15) is 0 Å². The maximum absolute atomic E-state index is 7.57. The van der Waals surface area contributed by atoms with Gasteiger partial charge in [-0.1, -0.05) is 43.3 Å². The van der Waals surface area contributed by atoms with Crippen LogP contribution in [0.5, 0.6) is 0 Å². The van der Waals surface area contributed by atoms with Crippen LogP contribution in [0.3, 0.4) is 0 Å². The first-order valence-corrected chi connectivity index (χ1v) is 7.35. The largest absolute Gasteiger partial charge is 0.378 e. The molecule has 0 aliphatic carbocycles. The molecule has 0 atom stereocenters. The first kappa shape index (κ1) is 16.8. The third-order valence-electron chi connectivity index (χ3n) is 3.14. The zero-order valence-corrected chi connectivity index (χ0v) is 13.4. The third kappa shape index (κ3) is 3.64. The summed E-state index contributed by atoms with van der Waals surface area (Å²) in [6.07, 6.45) is 3.28. The number of nitrogens with one attached hydrogen (secondary N) is 1. The van der Waals surface area contributed by atoms with Gasteiger partial charge in [-0.25, -0.2) is 0 Å². The fourth-order valence-electron chi connectivity index (χ4n) is 2.21. The number of aromatic nitrogens is 1.